The maximum atomic E-state index is 8.77. The number of anilines is 2. The van der Waals surface area contributed by atoms with Gasteiger partial charge in [-0.15, -0.1) is 0 Å². The highest BCUT2D eigenvalue weighted by molar-refractivity contribution is 7.43. The lowest BCUT2D eigenvalue weighted by atomic mass is 10.2. The van der Waals surface area contributed by atoms with Crippen molar-refractivity contribution in [3.63, 3.8) is 0 Å². The second-order valence-corrected chi connectivity index (χ2v) is 4.61. The van der Waals surface area contributed by atoms with E-state index in [4.69, 9.17) is 24.6 Å². The van der Waals surface area contributed by atoms with Gasteiger partial charge in [-0.25, -0.2) is 0 Å². The number of diazo groups is 1. The van der Waals surface area contributed by atoms with E-state index in [-0.39, 0.29) is 0 Å². The van der Waals surface area contributed by atoms with Crippen LogP contribution in [0, 0.1) is 5.39 Å². The largest absolute Gasteiger partial charge is 0.756 e. The lowest BCUT2D eigenvalue weighted by molar-refractivity contribution is -0.214. The average Bonchev–Trinajstić information content (AvgIpc) is 2.39. The van der Waals surface area contributed by atoms with E-state index in [1.807, 2.05) is 42.5 Å². The summed E-state index contributed by atoms with van der Waals surface area (Å²) in [5.41, 5.74) is 2.55. The average molecular weight is 293 g/mol. The SMILES string of the molecule is N#[N+]c1ccc(Nc2ccccc2)cc1.O=P([O-])(O)O. The summed E-state index contributed by atoms with van der Waals surface area (Å²) >= 11 is 0. The highest BCUT2D eigenvalue weighted by Gasteiger charge is 2.02. The van der Waals surface area contributed by atoms with Crippen LogP contribution in [0.5, 0.6) is 0 Å². The second-order valence-electron chi connectivity index (χ2n) is 3.63. The molecule has 2 aromatic carbocycles. The fourth-order valence-corrected chi connectivity index (χ4v) is 1.30. The molecule has 20 heavy (non-hydrogen) atoms. The van der Waals surface area contributed by atoms with Gasteiger partial charge < -0.3 is 20.0 Å². The van der Waals surface area contributed by atoms with Crippen LogP contribution in [-0.2, 0) is 4.57 Å². The molecule has 8 heteroatoms. The second kappa shape index (κ2) is 7.38. The van der Waals surface area contributed by atoms with Crippen LogP contribution >= 0.6 is 7.82 Å². The van der Waals surface area contributed by atoms with Crippen LogP contribution in [-0.4, -0.2) is 9.79 Å². The quantitative estimate of drug-likeness (QED) is 0.577. The van der Waals surface area contributed by atoms with Crippen molar-refractivity contribution >= 4 is 24.9 Å². The first kappa shape index (κ1) is 15.8. The van der Waals surface area contributed by atoms with Gasteiger partial charge in [-0.05, 0) is 24.3 Å². The van der Waals surface area contributed by atoms with Crippen molar-refractivity contribution in [1.29, 1.82) is 5.39 Å². The van der Waals surface area contributed by atoms with E-state index in [0.29, 0.717) is 5.69 Å². The molecular formula is C12H12N3O4P. The lowest BCUT2D eigenvalue weighted by Crippen LogP contribution is -1.94. The number of para-hydroxylation sites is 1. The van der Waals surface area contributed by atoms with Crippen LogP contribution in [0.15, 0.2) is 54.6 Å². The molecule has 0 aliphatic rings. The third kappa shape index (κ3) is 7.26. The van der Waals surface area contributed by atoms with Crippen molar-refractivity contribution in [3.05, 3.63) is 59.6 Å². The zero-order chi connectivity index (χ0) is 15.0. The van der Waals surface area contributed by atoms with E-state index >= 15 is 0 Å². The maximum absolute atomic E-state index is 8.77. The number of benzene rings is 2. The van der Waals surface area contributed by atoms with Crippen molar-refractivity contribution in [2.45, 2.75) is 0 Å². The Morgan fingerprint density at radius 2 is 1.45 bits per heavy atom. The van der Waals surface area contributed by atoms with Gasteiger partial charge in [0, 0.05) is 23.5 Å². The van der Waals surface area contributed by atoms with Gasteiger partial charge in [0.05, 0.1) is 0 Å². The number of nitrogens with one attached hydrogen (secondary N) is 1. The summed E-state index contributed by atoms with van der Waals surface area (Å²) in [6.07, 6.45) is 0. The summed E-state index contributed by atoms with van der Waals surface area (Å²) in [6.45, 7) is 0. The first-order valence-electron chi connectivity index (χ1n) is 5.42. The topological polar surface area (TPSA) is 121 Å². The molecule has 0 radical (unpaired) electrons. The summed E-state index contributed by atoms with van der Waals surface area (Å²) in [7, 11) is -4.89. The Morgan fingerprint density at radius 1 is 1.00 bits per heavy atom. The number of hydrogen-bond donors (Lipinski definition) is 3. The van der Waals surface area contributed by atoms with E-state index in [2.05, 4.69) is 10.3 Å². The van der Waals surface area contributed by atoms with Crippen LogP contribution in [0.2, 0.25) is 0 Å². The highest BCUT2D eigenvalue weighted by Crippen LogP contribution is 2.20. The summed E-state index contributed by atoms with van der Waals surface area (Å²) in [4.78, 5) is 26.0. The molecule has 0 amide bonds. The van der Waals surface area contributed by atoms with Gasteiger partial charge in [0.25, 0.3) is 7.82 Å². The minimum absolute atomic E-state index is 0.550. The Labute approximate surface area is 115 Å². The molecule has 0 aromatic heterocycles. The minimum Gasteiger partial charge on any atom is -0.756 e. The van der Waals surface area contributed by atoms with Crippen molar-refractivity contribution in [3.8, 4) is 0 Å². The Kier molecular flexibility index (Phi) is 5.84. The fraction of sp³-hybridized carbons (Fsp3) is 0. The molecule has 0 fully saturated rings. The van der Waals surface area contributed by atoms with Crippen LogP contribution in [0.25, 0.3) is 4.98 Å². The molecule has 0 spiro atoms. The number of nitrogens with zero attached hydrogens (tertiary/aromatic N) is 2. The van der Waals surface area contributed by atoms with Crippen LogP contribution < -0.4 is 10.2 Å². The number of phosphoric acid groups is 1. The van der Waals surface area contributed by atoms with Gasteiger partial charge in [0.15, 0.2) is 4.98 Å². The van der Waals surface area contributed by atoms with Crippen molar-refractivity contribution in [2.24, 2.45) is 0 Å². The monoisotopic (exact) mass is 293 g/mol. The normalized spacial score (nSPS) is 9.90. The molecule has 0 bridgehead atoms. The van der Waals surface area contributed by atoms with E-state index in [0.717, 1.165) is 11.4 Å². The van der Waals surface area contributed by atoms with E-state index in [1.54, 1.807) is 12.1 Å². The molecule has 2 rings (SSSR count). The summed E-state index contributed by atoms with van der Waals surface area (Å²) in [5, 5.41) is 11.8. The van der Waals surface area contributed by atoms with Gasteiger partial charge in [-0.3, -0.25) is 4.57 Å². The first-order valence-corrected chi connectivity index (χ1v) is 6.95. The Morgan fingerprint density at radius 3 is 1.90 bits per heavy atom. The molecule has 0 atom stereocenters. The summed E-state index contributed by atoms with van der Waals surface area (Å²) in [5.74, 6) is 0. The summed E-state index contributed by atoms with van der Waals surface area (Å²) in [6, 6.07) is 17.1. The van der Waals surface area contributed by atoms with Crippen molar-refractivity contribution < 1.29 is 19.2 Å². The van der Waals surface area contributed by atoms with Crippen molar-refractivity contribution in [2.75, 3.05) is 5.32 Å². The van der Waals surface area contributed by atoms with Crippen LogP contribution in [0.4, 0.5) is 17.1 Å². The molecule has 7 nitrogen and oxygen atoms in total. The standard InChI is InChI=1S/C12H10N3.H3O4P/c13-15-12-8-6-11(7-9-12)14-10-4-2-1-3-5-10;1-5(2,3)4/h1-9,14H;(H3,1,2,3,4)/q+1;/p-1. The fourth-order valence-electron chi connectivity index (χ4n) is 1.30. The third-order valence-electron chi connectivity index (χ3n) is 2.05. The summed E-state index contributed by atoms with van der Waals surface area (Å²) < 4.78 is 8.77. The first-order chi connectivity index (χ1) is 9.38. The van der Waals surface area contributed by atoms with Gasteiger partial charge in [-0.2, -0.15) is 0 Å². The molecule has 0 heterocycles. The molecule has 104 valence electrons. The Hall–Kier alpha value is -2.23. The Balaban J connectivity index is 0.000000347. The van der Waals surface area contributed by atoms with E-state index in [9.17, 15) is 0 Å². The van der Waals surface area contributed by atoms with Crippen LogP contribution in [0.3, 0.4) is 0 Å². The lowest BCUT2D eigenvalue weighted by Gasteiger charge is -2.04. The Bertz CT molecular complexity index is 611. The molecule has 0 saturated carbocycles. The minimum atomic E-state index is -4.89. The highest BCUT2D eigenvalue weighted by atomic mass is 31.2. The van der Waals surface area contributed by atoms with Gasteiger partial charge in [0.2, 0.25) is 5.39 Å². The van der Waals surface area contributed by atoms with Crippen LogP contribution in [0.1, 0.15) is 0 Å². The molecule has 3 N–H and O–H groups in total. The maximum Gasteiger partial charge on any atom is 0.385 e. The van der Waals surface area contributed by atoms with Gasteiger partial charge in [0.1, 0.15) is 0 Å². The molecule has 0 saturated heterocycles. The smallest absolute Gasteiger partial charge is 0.385 e. The van der Waals surface area contributed by atoms with E-state index < -0.39 is 7.82 Å². The molecule has 2 aromatic rings. The molecule has 0 unspecified atom stereocenters. The number of hydrogen-bond acceptors (Lipinski definition) is 4. The van der Waals surface area contributed by atoms with Gasteiger partial charge in [-0.1, -0.05) is 18.2 Å². The molecular weight excluding hydrogens is 281 g/mol. The third-order valence-corrected chi connectivity index (χ3v) is 2.05. The van der Waals surface area contributed by atoms with E-state index in [1.165, 1.54) is 0 Å². The zero-order valence-electron chi connectivity index (χ0n) is 10.2. The molecule has 0 aliphatic carbocycles. The predicted octanol–water partition coefficient (Wildman–Crippen LogP) is 2.35. The predicted molar refractivity (Wildman–Crippen MR) is 73.0 cm³/mol. The zero-order valence-corrected chi connectivity index (χ0v) is 11.1. The molecule has 0 aliphatic heterocycles. The number of rotatable bonds is 2. The van der Waals surface area contributed by atoms with Gasteiger partial charge >= 0.3 is 5.69 Å². The van der Waals surface area contributed by atoms with Crippen molar-refractivity contribution in [1.82, 2.24) is 0 Å².